The molecular weight excluding hydrogens is 223 g/mol. The summed E-state index contributed by atoms with van der Waals surface area (Å²) in [5.41, 5.74) is 0.288. The lowest BCUT2D eigenvalue weighted by Crippen LogP contribution is -2.31. The molecule has 1 saturated carbocycles. The van der Waals surface area contributed by atoms with Crippen LogP contribution >= 0.6 is 0 Å². The van der Waals surface area contributed by atoms with Gasteiger partial charge in [0.25, 0.3) is 5.91 Å². The minimum absolute atomic E-state index is 0.0738. The summed E-state index contributed by atoms with van der Waals surface area (Å²) < 4.78 is 12.6. The van der Waals surface area contributed by atoms with Gasteiger partial charge in [0, 0.05) is 13.2 Å². The molecule has 92 valence electrons. The summed E-state index contributed by atoms with van der Waals surface area (Å²) in [6.45, 7) is 0.691. The maximum atomic E-state index is 12.6. The highest BCUT2D eigenvalue weighted by molar-refractivity contribution is 5.92. The molecule has 0 spiro atoms. The fraction of sp³-hybridized carbons (Fsp3) is 0.500. The van der Waals surface area contributed by atoms with Crippen LogP contribution in [-0.2, 0) is 0 Å². The summed E-state index contributed by atoms with van der Waals surface area (Å²) in [6.07, 6.45) is 3.80. The zero-order valence-corrected chi connectivity index (χ0v) is 9.45. The third kappa shape index (κ3) is 3.00. The predicted molar refractivity (Wildman–Crippen MR) is 59.9 cm³/mol. The van der Waals surface area contributed by atoms with Crippen molar-refractivity contribution >= 4 is 5.91 Å². The van der Waals surface area contributed by atoms with Crippen molar-refractivity contribution in [3.05, 3.63) is 29.8 Å². The van der Waals surface area contributed by atoms with E-state index in [0.717, 1.165) is 19.0 Å². The number of nitrogens with zero attached hydrogens (tertiary/aromatic N) is 1. The first-order valence-electron chi connectivity index (χ1n) is 5.66. The molecule has 0 radical (unpaired) electrons. The van der Waals surface area contributed by atoms with Crippen LogP contribution in [0.5, 0.6) is 0 Å². The number of carbonyl (C=O) groups excluding carboxylic acids is 1. The summed E-state index contributed by atoms with van der Waals surface area (Å²) in [7, 11) is 0. The van der Waals surface area contributed by atoms with E-state index in [0.29, 0.717) is 13.0 Å². The zero-order chi connectivity index (χ0) is 12.3. The zero-order valence-electron chi connectivity index (χ0n) is 9.45. The molecule has 0 aromatic carbocycles. The first-order valence-corrected chi connectivity index (χ1v) is 5.66. The van der Waals surface area contributed by atoms with Gasteiger partial charge in [-0.25, -0.2) is 9.37 Å². The van der Waals surface area contributed by atoms with Crippen LogP contribution in [0.1, 0.15) is 29.8 Å². The van der Waals surface area contributed by atoms with Crippen LogP contribution < -0.4 is 5.32 Å². The fourth-order valence-corrected chi connectivity index (χ4v) is 1.80. The van der Waals surface area contributed by atoms with E-state index in [-0.39, 0.29) is 23.6 Å². The van der Waals surface area contributed by atoms with E-state index >= 15 is 0 Å². The second-order valence-corrected chi connectivity index (χ2v) is 4.52. The molecule has 0 bridgehead atoms. The Morgan fingerprint density at radius 3 is 2.82 bits per heavy atom. The van der Waals surface area contributed by atoms with E-state index in [4.69, 9.17) is 5.11 Å². The first-order chi connectivity index (χ1) is 8.15. The minimum atomic E-state index is -0.458. The van der Waals surface area contributed by atoms with Crippen molar-refractivity contribution in [3.63, 3.8) is 0 Å². The molecule has 1 aliphatic carbocycles. The predicted octanol–water partition coefficient (Wildman–Crippen LogP) is 1.11. The van der Waals surface area contributed by atoms with Gasteiger partial charge in [-0.2, -0.15) is 0 Å². The van der Waals surface area contributed by atoms with Crippen molar-refractivity contribution < 1.29 is 14.3 Å². The van der Waals surface area contributed by atoms with Gasteiger partial charge in [0.2, 0.25) is 0 Å². The molecule has 1 fully saturated rings. The van der Waals surface area contributed by atoms with Gasteiger partial charge in [0.15, 0.2) is 0 Å². The molecule has 4 nitrogen and oxygen atoms in total. The number of amides is 1. The van der Waals surface area contributed by atoms with E-state index in [1.807, 2.05) is 0 Å². The number of carbonyl (C=O) groups is 1. The quantitative estimate of drug-likeness (QED) is 0.807. The largest absolute Gasteiger partial charge is 0.396 e. The first kappa shape index (κ1) is 12.0. The average Bonchev–Trinajstić information content (AvgIpc) is 3.08. The number of aromatic nitrogens is 1. The van der Waals surface area contributed by atoms with Crippen molar-refractivity contribution in [2.45, 2.75) is 19.3 Å². The van der Waals surface area contributed by atoms with Crippen LogP contribution in [0.3, 0.4) is 0 Å². The van der Waals surface area contributed by atoms with Crippen molar-refractivity contribution in [1.82, 2.24) is 10.3 Å². The van der Waals surface area contributed by atoms with Crippen LogP contribution in [-0.4, -0.2) is 29.1 Å². The lowest BCUT2D eigenvalue weighted by atomic mass is 10.0. The minimum Gasteiger partial charge on any atom is -0.396 e. The number of rotatable bonds is 5. The fourth-order valence-electron chi connectivity index (χ4n) is 1.80. The second-order valence-electron chi connectivity index (χ2n) is 4.52. The number of hydrogen-bond donors (Lipinski definition) is 2. The van der Waals surface area contributed by atoms with Crippen molar-refractivity contribution in [1.29, 1.82) is 0 Å². The Morgan fingerprint density at radius 2 is 2.29 bits per heavy atom. The number of aliphatic hydroxyl groups is 1. The van der Waals surface area contributed by atoms with Crippen LogP contribution in [0, 0.1) is 11.2 Å². The third-order valence-corrected chi connectivity index (χ3v) is 3.18. The van der Waals surface area contributed by atoms with Gasteiger partial charge in [-0.1, -0.05) is 0 Å². The monoisotopic (exact) mass is 238 g/mol. The van der Waals surface area contributed by atoms with Gasteiger partial charge in [-0.05, 0) is 36.8 Å². The summed E-state index contributed by atoms with van der Waals surface area (Å²) in [5, 5.41) is 11.7. The SMILES string of the molecule is O=C(NCC1(CCO)CC1)c1ccc(F)cn1. The molecule has 1 amide bonds. The van der Waals surface area contributed by atoms with Crippen molar-refractivity contribution in [2.24, 2.45) is 5.41 Å². The van der Waals surface area contributed by atoms with E-state index in [2.05, 4.69) is 10.3 Å². The van der Waals surface area contributed by atoms with Gasteiger partial charge in [-0.15, -0.1) is 0 Å². The molecule has 5 heteroatoms. The highest BCUT2D eigenvalue weighted by Gasteiger charge is 2.41. The maximum Gasteiger partial charge on any atom is 0.269 e. The van der Waals surface area contributed by atoms with E-state index in [1.165, 1.54) is 12.1 Å². The number of nitrogens with one attached hydrogen (secondary N) is 1. The van der Waals surface area contributed by atoms with Gasteiger partial charge in [0.05, 0.1) is 6.20 Å². The highest BCUT2D eigenvalue weighted by Crippen LogP contribution is 2.47. The number of pyridine rings is 1. The Balaban J connectivity index is 1.87. The average molecular weight is 238 g/mol. The van der Waals surface area contributed by atoms with Gasteiger partial charge >= 0.3 is 0 Å². The van der Waals surface area contributed by atoms with Crippen LogP contribution in [0.2, 0.25) is 0 Å². The second kappa shape index (κ2) is 4.79. The Kier molecular flexibility index (Phi) is 3.38. The lowest BCUT2D eigenvalue weighted by molar-refractivity contribution is 0.0935. The number of aliphatic hydroxyl groups excluding tert-OH is 1. The van der Waals surface area contributed by atoms with Gasteiger partial charge in [0.1, 0.15) is 11.5 Å². The lowest BCUT2D eigenvalue weighted by Gasteiger charge is -2.14. The summed E-state index contributed by atoms with van der Waals surface area (Å²) in [4.78, 5) is 15.4. The third-order valence-electron chi connectivity index (χ3n) is 3.18. The molecular formula is C12H15FN2O2. The van der Waals surface area contributed by atoms with E-state index in [9.17, 15) is 9.18 Å². The van der Waals surface area contributed by atoms with Crippen LogP contribution in [0.15, 0.2) is 18.3 Å². The topological polar surface area (TPSA) is 62.2 Å². The maximum absolute atomic E-state index is 12.6. The molecule has 0 unspecified atom stereocenters. The summed E-state index contributed by atoms with van der Waals surface area (Å²) in [5.74, 6) is -0.755. The summed E-state index contributed by atoms with van der Waals surface area (Å²) in [6, 6.07) is 2.57. The van der Waals surface area contributed by atoms with Crippen molar-refractivity contribution in [2.75, 3.05) is 13.2 Å². The van der Waals surface area contributed by atoms with Gasteiger partial charge < -0.3 is 10.4 Å². The standard InChI is InChI=1S/C12H15FN2O2/c13-9-1-2-10(14-7-9)11(17)15-8-12(3-4-12)5-6-16/h1-2,7,16H,3-6,8H2,(H,15,17). The van der Waals surface area contributed by atoms with Crippen LogP contribution in [0.4, 0.5) is 4.39 Å². The van der Waals surface area contributed by atoms with E-state index in [1.54, 1.807) is 0 Å². The molecule has 0 atom stereocenters. The molecule has 0 aliphatic heterocycles. The molecule has 1 aliphatic rings. The van der Waals surface area contributed by atoms with E-state index < -0.39 is 5.82 Å². The highest BCUT2D eigenvalue weighted by atomic mass is 19.1. The Morgan fingerprint density at radius 1 is 1.53 bits per heavy atom. The molecule has 0 saturated heterocycles. The molecule has 1 heterocycles. The molecule has 17 heavy (non-hydrogen) atoms. The molecule has 1 aromatic heterocycles. The number of hydrogen-bond acceptors (Lipinski definition) is 3. The smallest absolute Gasteiger partial charge is 0.269 e. The molecule has 2 N–H and O–H groups in total. The summed E-state index contributed by atoms with van der Waals surface area (Å²) >= 11 is 0. The number of halogens is 1. The van der Waals surface area contributed by atoms with Crippen LogP contribution in [0.25, 0.3) is 0 Å². The Hall–Kier alpha value is -1.49. The molecule has 2 rings (SSSR count). The molecule has 1 aromatic rings. The normalized spacial score (nSPS) is 16.6. The Labute approximate surface area is 98.9 Å². The van der Waals surface area contributed by atoms with Crippen molar-refractivity contribution in [3.8, 4) is 0 Å². The van der Waals surface area contributed by atoms with Gasteiger partial charge in [-0.3, -0.25) is 4.79 Å². The Bertz CT molecular complexity index is 401.